The first-order chi connectivity index (χ1) is 18.6. The summed E-state index contributed by atoms with van der Waals surface area (Å²) in [6.45, 7) is 6.95. The first-order valence-electron chi connectivity index (χ1n) is 13.0. The molecule has 0 saturated heterocycles. The molecule has 1 atom stereocenters. The average molecular weight is 552 g/mol. The van der Waals surface area contributed by atoms with Crippen molar-refractivity contribution in [2.75, 3.05) is 18.0 Å². The van der Waals surface area contributed by atoms with Crippen LogP contribution in [0, 0.1) is 0 Å². The fourth-order valence-corrected chi connectivity index (χ4v) is 5.54. The number of carbonyl (C=O) groups is 2. The van der Waals surface area contributed by atoms with Gasteiger partial charge in [-0.05, 0) is 74.7 Å². The number of amides is 2. The van der Waals surface area contributed by atoms with Crippen LogP contribution in [0.1, 0.15) is 38.8 Å². The van der Waals surface area contributed by atoms with Gasteiger partial charge in [0.15, 0.2) is 0 Å². The Balaban J connectivity index is 2.03. The zero-order valence-electron chi connectivity index (χ0n) is 23.1. The lowest BCUT2D eigenvalue weighted by atomic mass is 10.1. The normalized spacial score (nSPS) is 12.1. The van der Waals surface area contributed by atoms with E-state index < -0.39 is 28.5 Å². The molecule has 0 aromatic heterocycles. The smallest absolute Gasteiger partial charge is 0.264 e. The zero-order chi connectivity index (χ0) is 28.6. The highest BCUT2D eigenvalue weighted by Gasteiger charge is 2.32. The molecule has 0 bridgehead atoms. The van der Waals surface area contributed by atoms with Crippen LogP contribution in [0.2, 0.25) is 0 Å². The summed E-state index contributed by atoms with van der Waals surface area (Å²) >= 11 is 0. The second-order valence-corrected chi connectivity index (χ2v) is 11.4. The molecule has 3 rings (SSSR count). The fraction of sp³-hybridized carbons (Fsp3) is 0.333. The van der Waals surface area contributed by atoms with E-state index in [1.165, 1.54) is 17.0 Å². The molecule has 0 aliphatic carbocycles. The Hall–Kier alpha value is -3.85. The summed E-state index contributed by atoms with van der Waals surface area (Å²) in [6.07, 6.45) is 0.793. The SMILES string of the molecule is CCc1ccc(N(CC(=O)N(Cc2cccc(OC)c2)[C@@H](C)C(=O)NC(C)C)S(=O)(=O)c2ccccc2)cc1. The number of benzene rings is 3. The second-order valence-electron chi connectivity index (χ2n) is 9.56. The molecule has 3 aromatic carbocycles. The van der Waals surface area contributed by atoms with Gasteiger partial charge in [-0.1, -0.05) is 49.4 Å². The Morgan fingerprint density at radius 2 is 1.56 bits per heavy atom. The van der Waals surface area contributed by atoms with E-state index in [0.29, 0.717) is 11.4 Å². The lowest BCUT2D eigenvalue weighted by Crippen LogP contribution is -2.52. The molecule has 0 heterocycles. The van der Waals surface area contributed by atoms with Crippen LogP contribution in [0.4, 0.5) is 5.69 Å². The minimum atomic E-state index is -4.09. The maximum absolute atomic E-state index is 13.9. The Labute approximate surface area is 231 Å². The summed E-state index contributed by atoms with van der Waals surface area (Å²) in [5.41, 5.74) is 2.16. The molecule has 9 heteroatoms. The summed E-state index contributed by atoms with van der Waals surface area (Å²) in [7, 11) is -2.53. The molecule has 0 fully saturated rings. The predicted molar refractivity (Wildman–Crippen MR) is 153 cm³/mol. The van der Waals surface area contributed by atoms with E-state index in [2.05, 4.69) is 5.32 Å². The number of rotatable bonds is 12. The molecular formula is C30H37N3O5S. The first-order valence-corrected chi connectivity index (χ1v) is 14.4. The van der Waals surface area contributed by atoms with Gasteiger partial charge in [0.25, 0.3) is 10.0 Å². The third-order valence-corrected chi connectivity index (χ3v) is 8.12. The Kier molecular flexibility index (Phi) is 10.1. The quantitative estimate of drug-likeness (QED) is 0.360. The highest BCUT2D eigenvalue weighted by atomic mass is 32.2. The molecule has 0 unspecified atom stereocenters. The van der Waals surface area contributed by atoms with Crippen molar-refractivity contribution in [1.82, 2.24) is 10.2 Å². The van der Waals surface area contributed by atoms with Crippen molar-refractivity contribution >= 4 is 27.5 Å². The molecule has 3 aromatic rings. The maximum Gasteiger partial charge on any atom is 0.264 e. The summed E-state index contributed by atoms with van der Waals surface area (Å²) in [5, 5.41) is 2.85. The van der Waals surface area contributed by atoms with Gasteiger partial charge in [-0.15, -0.1) is 0 Å². The summed E-state index contributed by atoms with van der Waals surface area (Å²) < 4.78 is 34.0. The molecule has 39 heavy (non-hydrogen) atoms. The number of nitrogens with zero attached hydrogens (tertiary/aromatic N) is 2. The van der Waals surface area contributed by atoms with Gasteiger partial charge in [0, 0.05) is 12.6 Å². The number of sulfonamides is 1. The average Bonchev–Trinajstić information content (AvgIpc) is 2.94. The lowest BCUT2D eigenvalue weighted by Gasteiger charge is -2.32. The van der Waals surface area contributed by atoms with Crippen molar-refractivity contribution in [3.63, 3.8) is 0 Å². The number of hydrogen-bond acceptors (Lipinski definition) is 5. The van der Waals surface area contributed by atoms with Gasteiger partial charge in [-0.25, -0.2) is 8.42 Å². The van der Waals surface area contributed by atoms with Gasteiger partial charge in [0.1, 0.15) is 18.3 Å². The van der Waals surface area contributed by atoms with Crippen LogP contribution in [-0.2, 0) is 32.6 Å². The van der Waals surface area contributed by atoms with Gasteiger partial charge in [-0.3, -0.25) is 13.9 Å². The van der Waals surface area contributed by atoms with Crippen LogP contribution in [0.15, 0.2) is 83.8 Å². The van der Waals surface area contributed by atoms with Crippen molar-refractivity contribution in [2.24, 2.45) is 0 Å². The Morgan fingerprint density at radius 3 is 2.15 bits per heavy atom. The van der Waals surface area contributed by atoms with Gasteiger partial charge in [0.2, 0.25) is 11.8 Å². The molecule has 8 nitrogen and oxygen atoms in total. The van der Waals surface area contributed by atoms with Gasteiger partial charge in [0.05, 0.1) is 17.7 Å². The Bertz CT molecular complexity index is 1360. The standard InChI is InChI=1S/C30H37N3O5S/c1-6-24-15-17-26(18-16-24)33(39(36,37)28-13-8-7-9-14-28)21-29(34)32(23(4)30(35)31-22(2)3)20-25-11-10-12-27(19-25)38-5/h7-19,22-23H,6,20-21H2,1-5H3,(H,31,35)/t23-/m0/s1. The number of methoxy groups -OCH3 is 1. The fourth-order valence-electron chi connectivity index (χ4n) is 4.10. The molecule has 0 radical (unpaired) electrons. The van der Waals surface area contributed by atoms with Crippen LogP contribution in [0.3, 0.4) is 0 Å². The van der Waals surface area contributed by atoms with Crippen molar-refractivity contribution in [3.05, 3.63) is 90.0 Å². The number of carbonyl (C=O) groups excluding carboxylic acids is 2. The van der Waals surface area contributed by atoms with E-state index >= 15 is 0 Å². The summed E-state index contributed by atoms with van der Waals surface area (Å²) in [4.78, 5) is 28.4. The third kappa shape index (κ3) is 7.60. The minimum Gasteiger partial charge on any atom is -0.497 e. The summed E-state index contributed by atoms with van der Waals surface area (Å²) in [6, 6.07) is 21.3. The van der Waals surface area contributed by atoms with E-state index in [-0.39, 0.29) is 23.4 Å². The number of hydrogen-bond donors (Lipinski definition) is 1. The number of nitrogens with one attached hydrogen (secondary N) is 1. The third-order valence-electron chi connectivity index (χ3n) is 6.33. The van der Waals surface area contributed by atoms with Crippen molar-refractivity contribution < 1.29 is 22.7 Å². The topological polar surface area (TPSA) is 96.0 Å². The molecule has 1 N–H and O–H groups in total. The van der Waals surface area contributed by atoms with Crippen LogP contribution in [0.5, 0.6) is 5.75 Å². The molecule has 2 amide bonds. The predicted octanol–water partition coefficient (Wildman–Crippen LogP) is 4.39. The van der Waals surface area contributed by atoms with Crippen molar-refractivity contribution in [2.45, 2.75) is 57.6 Å². The maximum atomic E-state index is 13.9. The van der Waals surface area contributed by atoms with Crippen LogP contribution >= 0.6 is 0 Å². The van der Waals surface area contributed by atoms with E-state index in [4.69, 9.17) is 4.74 Å². The second kappa shape index (κ2) is 13.3. The molecule has 0 aliphatic rings. The van der Waals surface area contributed by atoms with E-state index in [9.17, 15) is 18.0 Å². The van der Waals surface area contributed by atoms with Gasteiger partial charge >= 0.3 is 0 Å². The molecule has 0 spiro atoms. The highest BCUT2D eigenvalue weighted by Crippen LogP contribution is 2.25. The number of anilines is 1. The highest BCUT2D eigenvalue weighted by molar-refractivity contribution is 7.92. The zero-order valence-corrected chi connectivity index (χ0v) is 23.9. The van der Waals surface area contributed by atoms with Crippen LogP contribution in [-0.4, -0.2) is 50.9 Å². The lowest BCUT2D eigenvalue weighted by molar-refractivity contribution is -0.139. The molecule has 0 saturated carbocycles. The summed E-state index contributed by atoms with van der Waals surface area (Å²) in [5.74, 6) is -0.224. The van der Waals surface area contributed by atoms with Crippen molar-refractivity contribution in [1.29, 1.82) is 0 Å². The number of aryl methyl sites for hydroxylation is 1. The number of ether oxygens (including phenoxy) is 1. The largest absolute Gasteiger partial charge is 0.497 e. The van der Waals surface area contributed by atoms with E-state index in [0.717, 1.165) is 21.9 Å². The molecule has 208 valence electrons. The molecule has 0 aliphatic heterocycles. The van der Waals surface area contributed by atoms with Gasteiger partial charge < -0.3 is 15.0 Å². The van der Waals surface area contributed by atoms with E-state index in [1.807, 2.05) is 39.0 Å². The van der Waals surface area contributed by atoms with Crippen molar-refractivity contribution in [3.8, 4) is 5.75 Å². The van der Waals surface area contributed by atoms with Gasteiger partial charge in [-0.2, -0.15) is 0 Å². The first kappa shape index (κ1) is 29.7. The molecular weight excluding hydrogens is 514 g/mol. The monoisotopic (exact) mass is 551 g/mol. The van der Waals surface area contributed by atoms with E-state index in [1.54, 1.807) is 62.6 Å². The Morgan fingerprint density at radius 1 is 0.897 bits per heavy atom. The van der Waals surface area contributed by atoms with Crippen LogP contribution < -0.4 is 14.4 Å². The van der Waals surface area contributed by atoms with Crippen LogP contribution in [0.25, 0.3) is 0 Å². The minimum absolute atomic E-state index is 0.0716.